The Bertz CT molecular complexity index is 680. The summed E-state index contributed by atoms with van der Waals surface area (Å²) in [5.41, 5.74) is 4.03. The van der Waals surface area contributed by atoms with E-state index in [1.54, 1.807) is 0 Å². The molecule has 1 aliphatic carbocycles. The molecular weight excluding hydrogens is 302 g/mol. The van der Waals surface area contributed by atoms with Gasteiger partial charge in [0.05, 0.1) is 0 Å². The Morgan fingerprint density at radius 3 is 2.33 bits per heavy atom. The summed E-state index contributed by atoms with van der Waals surface area (Å²) < 4.78 is 5.48. The molecule has 2 heterocycles. The third-order valence-corrected chi connectivity index (χ3v) is 4.96. The molecule has 1 amide bonds. The van der Waals surface area contributed by atoms with E-state index in [2.05, 4.69) is 23.0 Å². The summed E-state index contributed by atoms with van der Waals surface area (Å²) in [5, 5.41) is 0. The number of carbonyl (C=O) groups excluding carboxylic acids is 1. The molecule has 24 heavy (non-hydrogen) atoms. The average Bonchev–Trinajstić information content (AvgIpc) is 3.00. The van der Waals surface area contributed by atoms with Crippen molar-refractivity contribution in [2.75, 3.05) is 13.1 Å². The highest BCUT2D eigenvalue weighted by molar-refractivity contribution is 5.70. The van der Waals surface area contributed by atoms with Crippen LogP contribution in [0.4, 0.5) is 4.79 Å². The van der Waals surface area contributed by atoms with Crippen molar-refractivity contribution in [2.45, 2.75) is 53.6 Å². The first-order chi connectivity index (χ1) is 11.1. The van der Waals surface area contributed by atoms with Crippen LogP contribution < -0.4 is 0 Å². The molecule has 1 saturated heterocycles. The quantitative estimate of drug-likeness (QED) is 0.789. The van der Waals surface area contributed by atoms with Crippen LogP contribution in [-0.4, -0.2) is 39.7 Å². The average molecular weight is 329 g/mol. The van der Waals surface area contributed by atoms with Crippen LogP contribution in [0.1, 0.15) is 50.0 Å². The van der Waals surface area contributed by atoms with Gasteiger partial charge in [-0.15, -0.1) is 0 Å². The molecule has 5 nitrogen and oxygen atoms in total. The lowest BCUT2D eigenvalue weighted by molar-refractivity contribution is 0.0285. The smallest absolute Gasteiger partial charge is 0.410 e. The van der Waals surface area contributed by atoms with E-state index in [1.165, 1.54) is 5.57 Å². The predicted octanol–water partition coefficient (Wildman–Crippen LogP) is 3.67. The van der Waals surface area contributed by atoms with Gasteiger partial charge in [0.1, 0.15) is 5.60 Å². The van der Waals surface area contributed by atoms with Crippen LogP contribution in [0, 0.1) is 32.6 Å². The first-order valence-corrected chi connectivity index (χ1v) is 8.65. The highest BCUT2D eigenvalue weighted by Crippen LogP contribution is 2.40. The number of carbonyl (C=O) groups is 1. The summed E-state index contributed by atoms with van der Waals surface area (Å²) in [6.07, 6.45) is 3.00. The number of fused-ring (bicyclic) bond motifs is 1. The molecule has 1 aromatic heterocycles. The number of hydrogen-bond donors (Lipinski definition) is 0. The first-order valence-electron chi connectivity index (χ1n) is 8.65. The standard InChI is InChI=1S/C19H27N3O2/c1-11-12(2)20-17(21-13(11)3)14-7-15-9-22(10-16(15)8-14)18(23)24-19(4,5)6/h7,15-16H,8-10H2,1-6H3. The van der Waals surface area contributed by atoms with Gasteiger partial charge >= 0.3 is 6.09 Å². The third-order valence-electron chi connectivity index (χ3n) is 4.96. The van der Waals surface area contributed by atoms with Gasteiger partial charge < -0.3 is 9.64 Å². The van der Waals surface area contributed by atoms with Crippen LogP contribution in [-0.2, 0) is 4.74 Å². The highest BCUT2D eigenvalue weighted by atomic mass is 16.6. The molecule has 1 aromatic rings. The van der Waals surface area contributed by atoms with Gasteiger partial charge in [0, 0.05) is 30.4 Å². The lowest BCUT2D eigenvalue weighted by Gasteiger charge is -2.24. The molecule has 3 rings (SSSR count). The van der Waals surface area contributed by atoms with Gasteiger partial charge in [0.25, 0.3) is 0 Å². The van der Waals surface area contributed by atoms with Crippen LogP contribution in [0.15, 0.2) is 6.08 Å². The van der Waals surface area contributed by atoms with Crippen LogP contribution in [0.2, 0.25) is 0 Å². The summed E-state index contributed by atoms with van der Waals surface area (Å²) in [7, 11) is 0. The van der Waals surface area contributed by atoms with E-state index >= 15 is 0 Å². The minimum absolute atomic E-state index is 0.204. The van der Waals surface area contributed by atoms with Crippen molar-refractivity contribution in [3.05, 3.63) is 28.9 Å². The minimum Gasteiger partial charge on any atom is -0.444 e. The number of hydrogen-bond acceptors (Lipinski definition) is 4. The Kier molecular flexibility index (Phi) is 4.14. The number of aromatic nitrogens is 2. The molecule has 1 aliphatic heterocycles. The lowest BCUT2D eigenvalue weighted by Crippen LogP contribution is -2.35. The Balaban J connectivity index is 1.72. The number of likely N-dealkylation sites (tertiary alicyclic amines) is 1. The maximum Gasteiger partial charge on any atom is 0.410 e. The molecule has 2 aliphatic rings. The number of nitrogens with zero attached hydrogens (tertiary/aromatic N) is 3. The predicted molar refractivity (Wildman–Crippen MR) is 93.6 cm³/mol. The van der Waals surface area contributed by atoms with Gasteiger partial charge in [-0.25, -0.2) is 14.8 Å². The SMILES string of the molecule is Cc1nc(C2=CC3CN(C(=O)OC(C)(C)C)CC3C2)nc(C)c1C. The van der Waals surface area contributed by atoms with Gasteiger partial charge in [0.2, 0.25) is 0 Å². The summed E-state index contributed by atoms with van der Waals surface area (Å²) in [6.45, 7) is 13.3. The monoisotopic (exact) mass is 329 g/mol. The van der Waals surface area contributed by atoms with Crippen molar-refractivity contribution in [2.24, 2.45) is 11.8 Å². The molecule has 0 saturated carbocycles. The van der Waals surface area contributed by atoms with Gasteiger partial charge in [-0.2, -0.15) is 0 Å². The van der Waals surface area contributed by atoms with E-state index in [-0.39, 0.29) is 6.09 Å². The Hall–Kier alpha value is -1.91. The second kappa shape index (κ2) is 5.87. The topological polar surface area (TPSA) is 55.3 Å². The maximum absolute atomic E-state index is 12.2. The highest BCUT2D eigenvalue weighted by Gasteiger charge is 2.40. The van der Waals surface area contributed by atoms with E-state index in [1.807, 2.05) is 39.5 Å². The maximum atomic E-state index is 12.2. The minimum atomic E-state index is -0.444. The molecule has 0 N–H and O–H groups in total. The Morgan fingerprint density at radius 1 is 1.17 bits per heavy atom. The van der Waals surface area contributed by atoms with Crippen LogP contribution >= 0.6 is 0 Å². The largest absolute Gasteiger partial charge is 0.444 e. The molecule has 0 aromatic carbocycles. The van der Waals surface area contributed by atoms with Crippen LogP contribution in [0.3, 0.4) is 0 Å². The van der Waals surface area contributed by atoms with Crippen molar-refractivity contribution >= 4 is 11.7 Å². The van der Waals surface area contributed by atoms with Crippen molar-refractivity contribution < 1.29 is 9.53 Å². The molecule has 2 unspecified atom stereocenters. The number of amides is 1. The summed E-state index contributed by atoms with van der Waals surface area (Å²) in [5.74, 6) is 1.70. The van der Waals surface area contributed by atoms with E-state index in [0.29, 0.717) is 11.8 Å². The van der Waals surface area contributed by atoms with Gasteiger partial charge in [-0.3, -0.25) is 0 Å². The van der Waals surface area contributed by atoms with Crippen molar-refractivity contribution in [1.29, 1.82) is 0 Å². The van der Waals surface area contributed by atoms with Gasteiger partial charge in [-0.05, 0) is 65.0 Å². The fraction of sp³-hybridized carbons (Fsp3) is 0.632. The Labute approximate surface area is 144 Å². The summed E-state index contributed by atoms with van der Waals surface area (Å²) in [6, 6.07) is 0. The second-order valence-corrected chi connectivity index (χ2v) is 8.05. The molecule has 1 fully saturated rings. The zero-order valence-corrected chi connectivity index (χ0v) is 15.5. The van der Waals surface area contributed by atoms with E-state index < -0.39 is 5.60 Å². The van der Waals surface area contributed by atoms with E-state index in [9.17, 15) is 4.79 Å². The number of allylic oxidation sites excluding steroid dienone is 1. The second-order valence-electron chi connectivity index (χ2n) is 8.05. The normalized spacial score (nSPS) is 23.2. The zero-order valence-electron chi connectivity index (χ0n) is 15.5. The number of ether oxygens (including phenoxy) is 1. The molecular formula is C19H27N3O2. The summed E-state index contributed by atoms with van der Waals surface area (Å²) in [4.78, 5) is 23.4. The summed E-state index contributed by atoms with van der Waals surface area (Å²) >= 11 is 0. The Morgan fingerprint density at radius 2 is 1.79 bits per heavy atom. The molecule has 2 atom stereocenters. The van der Waals surface area contributed by atoms with E-state index in [4.69, 9.17) is 4.74 Å². The molecule has 0 radical (unpaired) electrons. The first kappa shape index (κ1) is 16.9. The van der Waals surface area contributed by atoms with Crippen LogP contribution in [0.25, 0.3) is 5.57 Å². The zero-order chi connectivity index (χ0) is 17.6. The van der Waals surface area contributed by atoms with Crippen molar-refractivity contribution in [3.63, 3.8) is 0 Å². The lowest BCUT2D eigenvalue weighted by atomic mass is 10.00. The number of rotatable bonds is 1. The number of aryl methyl sites for hydroxylation is 2. The van der Waals surface area contributed by atoms with Gasteiger partial charge in [0.15, 0.2) is 5.82 Å². The third kappa shape index (κ3) is 3.30. The fourth-order valence-electron chi connectivity index (χ4n) is 3.47. The fourth-order valence-corrected chi connectivity index (χ4v) is 3.47. The van der Waals surface area contributed by atoms with Crippen LogP contribution in [0.5, 0.6) is 0 Å². The van der Waals surface area contributed by atoms with Crippen molar-refractivity contribution in [3.8, 4) is 0 Å². The molecule has 5 heteroatoms. The van der Waals surface area contributed by atoms with E-state index in [0.717, 1.165) is 42.3 Å². The van der Waals surface area contributed by atoms with Gasteiger partial charge in [-0.1, -0.05) is 6.08 Å². The molecule has 130 valence electrons. The molecule has 0 spiro atoms. The molecule has 0 bridgehead atoms. The van der Waals surface area contributed by atoms with Crippen molar-refractivity contribution in [1.82, 2.24) is 14.9 Å².